The lowest BCUT2D eigenvalue weighted by Crippen LogP contribution is -2.49. The fourth-order valence-corrected chi connectivity index (χ4v) is 2.77. The molecule has 2 aromatic rings. The van der Waals surface area contributed by atoms with Gasteiger partial charge in [0.1, 0.15) is 11.5 Å². The lowest BCUT2D eigenvalue weighted by Gasteiger charge is -2.38. The molecule has 0 spiro atoms. The van der Waals surface area contributed by atoms with E-state index >= 15 is 0 Å². The monoisotopic (exact) mass is 287 g/mol. The summed E-state index contributed by atoms with van der Waals surface area (Å²) >= 11 is 0. The van der Waals surface area contributed by atoms with E-state index in [1.165, 1.54) is 0 Å². The van der Waals surface area contributed by atoms with Crippen molar-refractivity contribution in [2.75, 3.05) is 37.6 Å². The molecule has 1 atom stereocenters. The van der Waals surface area contributed by atoms with Crippen molar-refractivity contribution < 1.29 is 4.42 Å². The first kappa shape index (κ1) is 14.0. The maximum Gasteiger partial charge on any atom is 0.225 e. The Labute approximate surface area is 124 Å². The van der Waals surface area contributed by atoms with E-state index in [0.717, 1.165) is 43.6 Å². The lowest BCUT2D eigenvalue weighted by atomic mass is 10.1. The zero-order valence-electron chi connectivity index (χ0n) is 12.3. The number of furan rings is 1. The third-order valence-corrected chi connectivity index (χ3v) is 3.90. The number of aromatic nitrogens is 2. The molecule has 1 fully saturated rings. The molecule has 1 aliphatic heterocycles. The SMILES string of the molecule is Cc1ccc(C(CN)N2CCN(c3ncccn3)CC2)o1. The van der Waals surface area contributed by atoms with Crippen LogP contribution in [0, 0.1) is 6.92 Å². The van der Waals surface area contributed by atoms with Crippen molar-refractivity contribution >= 4 is 5.95 Å². The summed E-state index contributed by atoms with van der Waals surface area (Å²) in [6.45, 7) is 6.19. The molecule has 0 aromatic carbocycles. The summed E-state index contributed by atoms with van der Waals surface area (Å²) < 4.78 is 5.74. The fourth-order valence-electron chi connectivity index (χ4n) is 2.77. The summed E-state index contributed by atoms with van der Waals surface area (Å²) in [6, 6.07) is 6.01. The first-order chi connectivity index (χ1) is 10.3. The molecule has 3 rings (SSSR count). The minimum atomic E-state index is 0.151. The number of nitrogens with two attached hydrogens (primary N) is 1. The highest BCUT2D eigenvalue weighted by Gasteiger charge is 2.26. The van der Waals surface area contributed by atoms with Gasteiger partial charge in [0.15, 0.2) is 0 Å². The normalized spacial score (nSPS) is 17.9. The van der Waals surface area contributed by atoms with Gasteiger partial charge in [-0.2, -0.15) is 0 Å². The highest BCUT2D eigenvalue weighted by Crippen LogP contribution is 2.23. The second kappa shape index (κ2) is 6.24. The minimum Gasteiger partial charge on any atom is -0.465 e. The average molecular weight is 287 g/mol. The quantitative estimate of drug-likeness (QED) is 0.911. The van der Waals surface area contributed by atoms with E-state index in [0.29, 0.717) is 6.54 Å². The van der Waals surface area contributed by atoms with Crippen LogP contribution in [0.5, 0.6) is 0 Å². The predicted octanol–water partition coefficient (Wildman–Crippen LogP) is 1.20. The van der Waals surface area contributed by atoms with Crippen LogP contribution in [0.2, 0.25) is 0 Å². The van der Waals surface area contributed by atoms with E-state index in [1.807, 2.05) is 25.1 Å². The predicted molar refractivity (Wildman–Crippen MR) is 81.1 cm³/mol. The molecule has 1 saturated heterocycles. The summed E-state index contributed by atoms with van der Waals surface area (Å²) in [6.07, 6.45) is 3.56. The van der Waals surface area contributed by atoms with E-state index in [9.17, 15) is 0 Å². The largest absolute Gasteiger partial charge is 0.465 e. The van der Waals surface area contributed by atoms with E-state index in [4.69, 9.17) is 10.2 Å². The van der Waals surface area contributed by atoms with Crippen molar-refractivity contribution in [2.24, 2.45) is 5.73 Å². The number of nitrogens with zero attached hydrogens (tertiary/aromatic N) is 4. The van der Waals surface area contributed by atoms with Crippen LogP contribution in [0.3, 0.4) is 0 Å². The zero-order chi connectivity index (χ0) is 14.7. The van der Waals surface area contributed by atoms with Gasteiger partial charge >= 0.3 is 0 Å². The van der Waals surface area contributed by atoms with Crippen molar-refractivity contribution in [1.82, 2.24) is 14.9 Å². The van der Waals surface area contributed by atoms with Gasteiger partial charge in [-0.1, -0.05) is 0 Å². The van der Waals surface area contributed by atoms with E-state index in [2.05, 4.69) is 19.8 Å². The number of aryl methyl sites for hydroxylation is 1. The van der Waals surface area contributed by atoms with Crippen LogP contribution < -0.4 is 10.6 Å². The Kier molecular flexibility index (Phi) is 4.17. The number of piperazine rings is 1. The van der Waals surface area contributed by atoms with Crippen molar-refractivity contribution in [3.05, 3.63) is 42.1 Å². The van der Waals surface area contributed by atoms with Gasteiger partial charge in [-0.15, -0.1) is 0 Å². The molecule has 1 unspecified atom stereocenters. The van der Waals surface area contributed by atoms with Crippen LogP contribution in [0.4, 0.5) is 5.95 Å². The van der Waals surface area contributed by atoms with Gasteiger partial charge in [0, 0.05) is 45.1 Å². The molecule has 112 valence electrons. The zero-order valence-corrected chi connectivity index (χ0v) is 12.3. The van der Waals surface area contributed by atoms with Crippen LogP contribution >= 0.6 is 0 Å². The fraction of sp³-hybridized carbons (Fsp3) is 0.467. The molecule has 2 aromatic heterocycles. The Morgan fingerprint density at radius 2 is 1.90 bits per heavy atom. The summed E-state index contributed by atoms with van der Waals surface area (Å²) in [5, 5.41) is 0. The van der Waals surface area contributed by atoms with Gasteiger partial charge in [-0.3, -0.25) is 4.90 Å². The molecule has 0 aliphatic carbocycles. The van der Waals surface area contributed by atoms with Crippen molar-refractivity contribution in [2.45, 2.75) is 13.0 Å². The third-order valence-electron chi connectivity index (χ3n) is 3.90. The van der Waals surface area contributed by atoms with Crippen molar-refractivity contribution in [3.8, 4) is 0 Å². The molecule has 21 heavy (non-hydrogen) atoms. The topological polar surface area (TPSA) is 71.4 Å². The van der Waals surface area contributed by atoms with Gasteiger partial charge in [0.05, 0.1) is 6.04 Å². The van der Waals surface area contributed by atoms with Crippen LogP contribution in [-0.4, -0.2) is 47.6 Å². The summed E-state index contributed by atoms with van der Waals surface area (Å²) in [5.74, 6) is 2.69. The lowest BCUT2D eigenvalue weighted by molar-refractivity contribution is 0.168. The molecule has 2 N–H and O–H groups in total. The third kappa shape index (κ3) is 3.06. The molecule has 6 nitrogen and oxygen atoms in total. The number of hydrogen-bond acceptors (Lipinski definition) is 6. The van der Waals surface area contributed by atoms with Crippen LogP contribution in [0.15, 0.2) is 35.0 Å². The Bertz CT molecular complexity index is 562. The Hall–Kier alpha value is -1.92. The Balaban J connectivity index is 1.64. The van der Waals surface area contributed by atoms with Crippen molar-refractivity contribution in [3.63, 3.8) is 0 Å². The van der Waals surface area contributed by atoms with E-state index in [1.54, 1.807) is 12.4 Å². The second-order valence-electron chi connectivity index (χ2n) is 5.27. The first-order valence-corrected chi connectivity index (χ1v) is 7.30. The highest BCUT2D eigenvalue weighted by molar-refractivity contribution is 5.29. The molecular weight excluding hydrogens is 266 g/mol. The number of hydrogen-bond donors (Lipinski definition) is 1. The summed E-state index contributed by atoms with van der Waals surface area (Å²) in [7, 11) is 0. The van der Waals surface area contributed by atoms with E-state index in [-0.39, 0.29) is 6.04 Å². The summed E-state index contributed by atoms with van der Waals surface area (Å²) in [5.41, 5.74) is 5.95. The highest BCUT2D eigenvalue weighted by atomic mass is 16.3. The maximum atomic E-state index is 5.95. The van der Waals surface area contributed by atoms with Gasteiger partial charge in [0.25, 0.3) is 0 Å². The van der Waals surface area contributed by atoms with Crippen molar-refractivity contribution in [1.29, 1.82) is 0 Å². The number of anilines is 1. The average Bonchev–Trinajstić information content (AvgIpc) is 2.96. The van der Waals surface area contributed by atoms with E-state index < -0.39 is 0 Å². The molecule has 0 saturated carbocycles. The van der Waals surface area contributed by atoms with Gasteiger partial charge < -0.3 is 15.1 Å². The minimum absolute atomic E-state index is 0.151. The second-order valence-corrected chi connectivity index (χ2v) is 5.27. The Morgan fingerprint density at radius 3 is 2.48 bits per heavy atom. The summed E-state index contributed by atoms with van der Waals surface area (Å²) in [4.78, 5) is 13.2. The standard InChI is InChI=1S/C15H21N5O/c1-12-3-4-14(21-12)13(11-16)19-7-9-20(10-8-19)15-17-5-2-6-18-15/h2-6,13H,7-11,16H2,1H3. The Morgan fingerprint density at radius 1 is 1.19 bits per heavy atom. The first-order valence-electron chi connectivity index (χ1n) is 7.30. The molecule has 1 aliphatic rings. The van der Waals surface area contributed by atoms with Gasteiger partial charge in [-0.05, 0) is 25.1 Å². The molecule has 0 amide bonds. The molecule has 6 heteroatoms. The maximum absolute atomic E-state index is 5.95. The molecular formula is C15H21N5O. The van der Waals surface area contributed by atoms with Gasteiger partial charge in [0.2, 0.25) is 5.95 Å². The van der Waals surface area contributed by atoms with Gasteiger partial charge in [-0.25, -0.2) is 9.97 Å². The van der Waals surface area contributed by atoms with Crippen LogP contribution in [0.25, 0.3) is 0 Å². The smallest absolute Gasteiger partial charge is 0.225 e. The molecule has 3 heterocycles. The number of rotatable bonds is 4. The van der Waals surface area contributed by atoms with Crippen LogP contribution in [0.1, 0.15) is 17.6 Å². The molecule has 0 radical (unpaired) electrons. The van der Waals surface area contributed by atoms with Crippen LogP contribution in [-0.2, 0) is 0 Å². The molecule has 0 bridgehead atoms.